The predicted molar refractivity (Wildman–Crippen MR) is 105 cm³/mol. The summed E-state index contributed by atoms with van der Waals surface area (Å²) in [5, 5.41) is 5.99. The number of sulfonamides is 1. The number of anilines is 2. The summed E-state index contributed by atoms with van der Waals surface area (Å²) in [6.07, 6.45) is 0. The van der Waals surface area contributed by atoms with Crippen LogP contribution in [0.2, 0.25) is 0 Å². The van der Waals surface area contributed by atoms with Gasteiger partial charge in [0, 0.05) is 5.92 Å². The maximum absolute atomic E-state index is 12.5. The molecule has 0 aromatic heterocycles. The zero-order chi connectivity index (χ0) is 17.9. The average molecular weight is 396 g/mol. The Labute approximate surface area is 159 Å². The Morgan fingerprint density at radius 3 is 2.19 bits per heavy atom. The summed E-state index contributed by atoms with van der Waals surface area (Å²) in [6, 6.07) is 14.9. The Balaban J connectivity index is 0.00000243. The first-order chi connectivity index (χ1) is 12.0. The number of nitrogens with one attached hydrogen (secondary N) is 3. The summed E-state index contributed by atoms with van der Waals surface area (Å²) in [4.78, 5) is 12.6. The van der Waals surface area contributed by atoms with Crippen LogP contribution in [-0.2, 0) is 14.8 Å². The third kappa shape index (κ3) is 4.55. The zero-order valence-corrected chi connectivity index (χ0v) is 15.9. The minimum atomic E-state index is -3.71. The second-order valence-electron chi connectivity index (χ2n) is 6.16. The molecule has 6 nitrogen and oxygen atoms in total. The summed E-state index contributed by atoms with van der Waals surface area (Å²) in [5.41, 5.74) is 0.796. The van der Waals surface area contributed by atoms with Gasteiger partial charge < -0.3 is 10.6 Å². The summed E-state index contributed by atoms with van der Waals surface area (Å²) >= 11 is 0. The Morgan fingerprint density at radius 2 is 1.62 bits per heavy atom. The third-order valence-corrected chi connectivity index (χ3v) is 5.80. The lowest BCUT2D eigenvalue weighted by molar-refractivity contribution is -0.121. The van der Waals surface area contributed by atoms with Crippen LogP contribution in [0.25, 0.3) is 0 Å². The Morgan fingerprint density at radius 1 is 1.04 bits per heavy atom. The predicted octanol–water partition coefficient (Wildman–Crippen LogP) is 2.70. The number of carbonyl (C=O) groups excluding carboxylic acids is 1. The zero-order valence-electron chi connectivity index (χ0n) is 14.3. The second kappa shape index (κ2) is 8.53. The molecule has 140 valence electrons. The number of amides is 1. The summed E-state index contributed by atoms with van der Waals surface area (Å²) in [7, 11) is -3.71. The number of hydrogen-bond acceptors (Lipinski definition) is 4. The van der Waals surface area contributed by atoms with Crippen LogP contribution in [0.15, 0.2) is 59.5 Å². The molecule has 3 N–H and O–H groups in total. The highest BCUT2D eigenvalue weighted by Crippen LogP contribution is 2.26. The SMILES string of the molecule is CC(C(=O)Nc1ccccc1NS(=O)(=O)c1ccccc1)C1CNC1.Cl. The van der Waals surface area contributed by atoms with Gasteiger partial charge >= 0.3 is 0 Å². The van der Waals surface area contributed by atoms with Crippen molar-refractivity contribution in [2.75, 3.05) is 23.1 Å². The molecule has 8 heteroatoms. The van der Waals surface area contributed by atoms with Gasteiger partial charge in [0.15, 0.2) is 0 Å². The van der Waals surface area contributed by atoms with Gasteiger partial charge in [-0.15, -0.1) is 12.4 Å². The Kier molecular flexibility index (Phi) is 6.63. The van der Waals surface area contributed by atoms with Crippen LogP contribution >= 0.6 is 12.4 Å². The van der Waals surface area contributed by atoms with Gasteiger partial charge in [0.1, 0.15) is 0 Å². The van der Waals surface area contributed by atoms with Crippen LogP contribution in [0.3, 0.4) is 0 Å². The van der Waals surface area contributed by atoms with E-state index in [9.17, 15) is 13.2 Å². The number of benzene rings is 2. The molecule has 1 unspecified atom stereocenters. The number of hydrogen-bond donors (Lipinski definition) is 3. The number of para-hydroxylation sites is 2. The van der Waals surface area contributed by atoms with Gasteiger partial charge in [-0.3, -0.25) is 9.52 Å². The minimum absolute atomic E-state index is 0. The first-order valence-corrected chi connectivity index (χ1v) is 9.64. The molecule has 0 bridgehead atoms. The highest BCUT2D eigenvalue weighted by atomic mass is 35.5. The molecule has 1 aliphatic rings. The fraction of sp³-hybridized carbons (Fsp3) is 0.278. The van der Waals surface area contributed by atoms with E-state index in [1.165, 1.54) is 12.1 Å². The lowest BCUT2D eigenvalue weighted by atomic mass is 9.88. The van der Waals surface area contributed by atoms with E-state index in [0.717, 1.165) is 13.1 Å². The summed E-state index contributed by atoms with van der Waals surface area (Å²) in [5.74, 6) is 0.0612. The fourth-order valence-electron chi connectivity index (χ4n) is 2.61. The molecule has 0 spiro atoms. The molecule has 2 aromatic rings. The lowest BCUT2D eigenvalue weighted by Gasteiger charge is -2.31. The highest BCUT2D eigenvalue weighted by molar-refractivity contribution is 7.92. The highest BCUT2D eigenvalue weighted by Gasteiger charge is 2.29. The van der Waals surface area contributed by atoms with E-state index in [2.05, 4.69) is 15.4 Å². The van der Waals surface area contributed by atoms with Crippen molar-refractivity contribution < 1.29 is 13.2 Å². The van der Waals surface area contributed by atoms with Crippen LogP contribution < -0.4 is 15.4 Å². The molecule has 0 saturated carbocycles. The fourth-order valence-corrected chi connectivity index (χ4v) is 3.71. The van der Waals surface area contributed by atoms with Crippen LogP contribution in [0.5, 0.6) is 0 Å². The van der Waals surface area contributed by atoms with Gasteiger partial charge in [-0.25, -0.2) is 8.42 Å². The maximum atomic E-state index is 12.5. The lowest BCUT2D eigenvalue weighted by Crippen LogP contribution is -2.48. The van der Waals surface area contributed by atoms with Gasteiger partial charge in [-0.1, -0.05) is 37.3 Å². The molecule has 1 heterocycles. The van der Waals surface area contributed by atoms with Gasteiger partial charge in [0.2, 0.25) is 5.91 Å². The minimum Gasteiger partial charge on any atom is -0.324 e. The molecular weight excluding hydrogens is 374 g/mol. The van der Waals surface area contributed by atoms with Crippen molar-refractivity contribution >= 4 is 39.7 Å². The average Bonchev–Trinajstić information content (AvgIpc) is 2.55. The van der Waals surface area contributed by atoms with Crippen LogP contribution in [-0.4, -0.2) is 27.4 Å². The Hall–Kier alpha value is -2.09. The van der Waals surface area contributed by atoms with Gasteiger partial charge in [-0.2, -0.15) is 0 Å². The molecule has 1 saturated heterocycles. The molecule has 3 rings (SSSR count). The van der Waals surface area contributed by atoms with Crippen LogP contribution in [0.1, 0.15) is 6.92 Å². The van der Waals surface area contributed by atoms with Gasteiger partial charge in [0.05, 0.1) is 16.3 Å². The first-order valence-electron chi connectivity index (χ1n) is 8.16. The quantitative estimate of drug-likeness (QED) is 0.701. The normalized spacial score (nSPS) is 15.3. The van der Waals surface area contributed by atoms with Crippen molar-refractivity contribution in [2.45, 2.75) is 11.8 Å². The van der Waals surface area contributed by atoms with Crippen molar-refractivity contribution in [3.05, 3.63) is 54.6 Å². The molecular formula is C18H22ClN3O3S. The van der Waals surface area contributed by atoms with E-state index in [1.54, 1.807) is 42.5 Å². The number of rotatable bonds is 6. The monoisotopic (exact) mass is 395 g/mol. The molecule has 26 heavy (non-hydrogen) atoms. The van der Waals surface area contributed by atoms with Crippen LogP contribution in [0.4, 0.5) is 11.4 Å². The second-order valence-corrected chi connectivity index (χ2v) is 7.84. The van der Waals surface area contributed by atoms with Crippen molar-refractivity contribution in [1.82, 2.24) is 5.32 Å². The van der Waals surface area contributed by atoms with E-state index >= 15 is 0 Å². The van der Waals surface area contributed by atoms with E-state index in [-0.39, 0.29) is 29.1 Å². The Bertz CT molecular complexity index is 855. The molecule has 0 radical (unpaired) electrons. The topological polar surface area (TPSA) is 87.3 Å². The summed E-state index contributed by atoms with van der Waals surface area (Å²) < 4.78 is 27.6. The molecule has 1 atom stereocenters. The van der Waals surface area contributed by atoms with E-state index in [1.807, 2.05) is 6.92 Å². The maximum Gasteiger partial charge on any atom is 0.261 e. The van der Waals surface area contributed by atoms with Crippen molar-refractivity contribution in [3.63, 3.8) is 0 Å². The summed E-state index contributed by atoms with van der Waals surface area (Å²) in [6.45, 7) is 3.55. The standard InChI is InChI=1S/C18H21N3O3S.ClH/c1-13(14-11-19-12-14)18(22)20-16-9-5-6-10-17(16)21-25(23,24)15-7-3-2-4-8-15;/h2-10,13-14,19,21H,11-12H2,1H3,(H,20,22);1H. The van der Waals surface area contributed by atoms with Gasteiger partial charge in [0.25, 0.3) is 10.0 Å². The van der Waals surface area contributed by atoms with E-state index < -0.39 is 10.0 Å². The van der Waals surface area contributed by atoms with E-state index in [4.69, 9.17) is 0 Å². The molecule has 0 aliphatic carbocycles. The molecule has 1 fully saturated rings. The first kappa shape index (κ1) is 20.2. The van der Waals surface area contributed by atoms with Gasteiger partial charge in [-0.05, 0) is 43.3 Å². The van der Waals surface area contributed by atoms with Crippen molar-refractivity contribution in [3.8, 4) is 0 Å². The number of halogens is 1. The largest absolute Gasteiger partial charge is 0.324 e. The van der Waals surface area contributed by atoms with Crippen LogP contribution in [0, 0.1) is 11.8 Å². The molecule has 1 aliphatic heterocycles. The van der Waals surface area contributed by atoms with Crippen molar-refractivity contribution in [1.29, 1.82) is 0 Å². The van der Waals surface area contributed by atoms with Crippen molar-refractivity contribution in [2.24, 2.45) is 11.8 Å². The molecule has 1 amide bonds. The molecule has 2 aromatic carbocycles. The third-order valence-electron chi connectivity index (χ3n) is 4.42. The smallest absolute Gasteiger partial charge is 0.261 e. The number of carbonyl (C=O) groups is 1. The van der Waals surface area contributed by atoms with E-state index in [0.29, 0.717) is 17.3 Å².